The predicted octanol–water partition coefficient (Wildman–Crippen LogP) is 3.26. The van der Waals surface area contributed by atoms with Crippen LogP contribution in [-0.4, -0.2) is 22.1 Å². The van der Waals surface area contributed by atoms with Gasteiger partial charge in [0.2, 0.25) is 0 Å². The summed E-state index contributed by atoms with van der Waals surface area (Å²) in [5.74, 6) is -2.30. The number of aromatic nitrogens is 1. The first kappa shape index (κ1) is 23.6. The van der Waals surface area contributed by atoms with Crippen LogP contribution in [0.3, 0.4) is 0 Å². The van der Waals surface area contributed by atoms with Crippen molar-refractivity contribution in [1.82, 2.24) is 9.69 Å². The minimum absolute atomic E-state index is 0.0504. The Kier molecular flexibility index (Phi) is 6.88. The molecule has 178 valence electrons. The van der Waals surface area contributed by atoms with E-state index in [0.717, 1.165) is 0 Å². The molecule has 0 spiro atoms. The van der Waals surface area contributed by atoms with E-state index in [4.69, 9.17) is 15.9 Å². The van der Waals surface area contributed by atoms with Crippen LogP contribution >= 0.6 is 11.5 Å². The number of carbonyl (C=O) groups is 3. The zero-order chi connectivity index (χ0) is 24.9. The molecule has 0 unspecified atom stereocenters. The minimum atomic E-state index is -1.24. The lowest BCUT2D eigenvalue weighted by Crippen LogP contribution is -2.43. The average Bonchev–Trinajstić information content (AvgIpc) is 3.52. The second kappa shape index (κ2) is 10.2. The SMILES string of the molecule is NC(=O)c1nsc(C(=O)N(c2ccccc2)[C@H](C(=O)NCc2ccc(F)cc2)c2ccco2)c1N. The molecule has 2 aromatic heterocycles. The van der Waals surface area contributed by atoms with Crippen molar-refractivity contribution in [1.29, 1.82) is 0 Å². The molecule has 9 nitrogen and oxygen atoms in total. The molecule has 0 aliphatic heterocycles. The molecule has 4 aromatic rings. The fourth-order valence-corrected chi connectivity index (χ4v) is 4.16. The molecule has 2 aromatic carbocycles. The van der Waals surface area contributed by atoms with Gasteiger partial charge in [-0.25, -0.2) is 4.39 Å². The monoisotopic (exact) mass is 493 g/mol. The van der Waals surface area contributed by atoms with Gasteiger partial charge in [0.05, 0.1) is 12.0 Å². The Morgan fingerprint density at radius 2 is 1.77 bits per heavy atom. The Morgan fingerprint density at radius 3 is 2.37 bits per heavy atom. The normalized spacial score (nSPS) is 11.6. The van der Waals surface area contributed by atoms with E-state index in [-0.39, 0.29) is 28.6 Å². The summed E-state index contributed by atoms with van der Waals surface area (Å²) in [5.41, 5.74) is 12.0. The number of carbonyl (C=O) groups excluding carboxylic acids is 3. The maximum absolute atomic E-state index is 13.8. The predicted molar refractivity (Wildman–Crippen MR) is 128 cm³/mol. The zero-order valence-corrected chi connectivity index (χ0v) is 19.0. The summed E-state index contributed by atoms with van der Waals surface area (Å²) < 4.78 is 22.7. The van der Waals surface area contributed by atoms with Crippen LogP contribution in [0.2, 0.25) is 0 Å². The summed E-state index contributed by atoms with van der Waals surface area (Å²) >= 11 is 0.709. The van der Waals surface area contributed by atoms with E-state index in [2.05, 4.69) is 9.69 Å². The largest absolute Gasteiger partial charge is 0.467 e. The van der Waals surface area contributed by atoms with Gasteiger partial charge in [0, 0.05) is 12.2 Å². The molecular formula is C24H20FN5O4S. The third-order valence-electron chi connectivity index (χ3n) is 5.11. The van der Waals surface area contributed by atoms with Gasteiger partial charge in [0.25, 0.3) is 17.7 Å². The van der Waals surface area contributed by atoms with Gasteiger partial charge in [0.1, 0.15) is 16.5 Å². The molecule has 3 amide bonds. The van der Waals surface area contributed by atoms with Gasteiger partial charge in [0.15, 0.2) is 11.7 Å². The molecule has 2 heterocycles. The van der Waals surface area contributed by atoms with Gasteiger partial charge >= 0.3 is 0 Å². The Balaban J connectivity index is 1.74. The fourth-order valence-electron chi connectivity index (χ4n) is 3.42. The Hall–Kier alpha value is -4.51. The highest BCUT2D eigenvalue weighted by atomic mass is 32.1. The number of hydrogen-bond acceptors (Lipinski definition) is 7. The van der Waals surface area contributed by atoms with Crippen LogP contribution in [0.25, 0.3) is 0 Å². The average molecular weight is 494 g/mol. The molecule has 35 heavy (non-hydrogen) atoms. The number of benzene rings is 2. The van der Waals surface area contributed by atoms with E-state index in [9.17, 15) is 18.8 Å². The van der Waals surface area contributed by atoms with Gasteiger partial charge in [-0.3, -0.25) is 19.3 Å². The van der Waals surface area contributed by atoms with Gasteiger partial charge in [-0.2, -0.15) is 4.37 Å². The molecule has 1 atom stereocenters. The lowest BCUT2D eigenvalue weighted by Gasteiger charge is -2.29. The van der Waals surface area contributed by atoms with E-state index < -0.39 is 29.6 Å². The molecule has 0 saturated heterocycles. The van der Waals surface area contributed by atoms with E-state index >= 15 is 0 Å². The summed E-state index contributed by atoms with van der Waals surface area (Å²) in [6.07, 6.45) is 1.38. The van der Waals surface area contributed by atoms with E-state index in [0.29, 0.717) is 22.8 Å². The van der Waals surface area contributed by atoms with Crippen molar-refractivity contribution < 1.29 is 23.2 Å². The third-order valence-corrected chi connectivity index (χ3v) is 5.96. The molecule has 0 aliphatic carbocycles. The standard InChI is InChI=1S/C24H20FN5O4S/c25-15-10-8-14(9-11-15)13-28-23(32)20(17-7-4-12-34-17)30(16-5-2-1-3-6-16)24(33)21-18(26)19(22(27)31)29-35-21/h1-12,20H,13,26H2,(H2,27,31)(H,28,32)/t20-/m0/s1. The fraction of sp³-hybridized carbons (Fsp3) is 0.0833. The first-order valence-corrected chi connectivity index (χ1v) is 11.1. The number of anilines is 2. The lowest BCUT2D eigenvalue weighted by atomic mass is 10.1. The van der Waals surface area contributed by atoms with Crippen LogP contribution in [0.1, 0.15) is 37.5 Å². The van der Waals surface area contributed by atoms with Crippen molar-refractivity contribution in [2.75, 3.05) is 10.6 Å². The minimum Gasteiger partial charge on any atom is -0.467 e. The van der Waals surface area contributed by atoms with E-state index in [1.54, 1.807) is 54.6 Å². The lowest BCUT2D eigenvalue weighted by molar-refractivity contribution is -0.123. The van der Waals surface area contributed by atoms with Crippen LogP contribution in [0, 0.1) is 5.82 Å². The third kappa shape index (κ3) is 5.04. The number of para-hydroxylation sites is 1. The quantitative estimate of drug-likeness (QED) is 0.344. The number of nitrogens with zero attached hydrogens (tertiary/aromatic N) is 2. The molecule has 0 radical (unpaired) electrons. The maximum Gasteiger partial charge on any atom is 0.273 e. The van der Waals surface area contributed by atoms with Crippen molar-refractivity contribution in [2.24, 2.45) is 5.73 Å². The van der Waals surface area contributed by atoms with Crippen LogP contribution in [0.15, 0.2) is 77.4 Å². The highest BCUT2D eigenvalue weighted by Gasteiger charge is 2.37. The van der Waals surface area contributed by atoms with Crippen LogP contribution in [-0.2, 0) is 11.3 Å². The van der Waals surface area contributed by atoms with Crippen molar-refractivity contribution in [3.63, 3.8) is 0 Å². The highest BCUT2D eigenvalue weighted by Crippen LogP contribution is 2.33. The van der Waals surface area contributed by atoms with Crippen LogP contribution < -0.4 is 21.7 Å². The second-order valence-corrected chi connectivity index (χ2v) is 8.18. The first-order chi connectivity index (χ1) is 16.9. The van der Waals surface area contributed by atoms with E-state index in [1.807, 2.05) is 0 Å². The summed E-state index contributed by atoms with van der Waals surface area (Å²) in [6.45, 7) is 0.0850. The molecule has 5 N–H and O–H groups in total. The van der Waals surface area contributed by atoms with Crippen LogP contribution in [0.4, 0.5) is 15.8 Å². The number of nitrogens with two attached hydrogens (primary N) is 2. The van der Waals surface area contributed by atoms with Crippen molar-refractivity contribution >= 4 is 40.6 Å². The smallest absolute Gasteiger partial charge is 0.273 e. The number of rotatable bonds is 8. The second-order valence-electron chi connectivity index (χ2n) is 7.41. The number of primary amides is 1. The number of amides is 3. The number of hydrogen-bond donors (Lipinski definition) is 3. The van der Waals surface area contributed by atoms with Gasteiger partial charge in [-0.15, -0.1) is 0 Å². The summed E-state index contributed by atoms with van der Waals surface area (Å²) in [4.78, 5) is 40.0. The topological polar surface area (TPSA) is 145 Å². The summed E-state index contributed by atoms with van der Waals surface area (Å²) in [7, 11) is 0. The Bertz CT molecular complexity index is 1340. The maximum atomic E-state index is 13.8. The summed E-state index contributed by atoms with van der Waals surface area (Å²) in [5, 5.41) is 2.77. The van der Waals surface area contributed by atoms with Gasteiger partial charge in [-0.1, -0.05) is 30.3 Å². The van der Waals surface area contributed by atoms with Crippen molar-refractivity contribution in [3.8, 4) is 0 Å². The van der Waals surface area contributed by atoms with Gasteiger partial charge < -0.3 is 21.2 Å². The van der Waals surface area contributed by atoms with Gasteiger partial charge in [-0.05, 0) is 53.5 Å². The molecule has 0 aliphatic rings. The van der Waals surface area contributed by atoms with Crippen molar-refractivity contribution in [3.05, 3.63) is 101 Å². The van der Waals surface area contributed by atoms with E-state index in [1.165, 1.54) is 23.3 Å². The molecule has 11 heteroatoms. The molecule has 0 saturated carbocycles. The highest BCUT2D eigenvalue weighted by molar-refractivity contribution is 7.09. The molecule has 0 fully saturated rings. The van der Waals surface area contributed by atoms with Crippen molar-refractivity contribution in [2.45, 2.75) is 12.6 Å². The number of halogens is 1. The Labute approximate surface area is 203 Å². The molecular weight excluding hydrogens is 473 g/mol. The molecule has 0 bridgehead atoms. The summed E-state index contributed by atoms with van der Waals surface area (Å²) in [6, 6.07) is 16.0. The molecule has 4 rings (SSSR count). The Morgan fingerprint density at radius 1 is 1.06 bits per heavy atom. The number of nitrogen functional groups attached to an aromatic ring is 1. The first-order valence-electron chi connectivity index (χ1n) is 10.4. The van der Waals surface area contributed by atoms with Crippen LogP contribution in [0.5, 0.6) is 0 Å². The zero-order valence-electron chi connectivity index (χ0n) is 18.2. The number of nitrogens with one attached hydrogen (secondary N) is 1. The number of furan rings is 1.